The predicted molar refractivity (Wildman–Crippen MR) is 121 cm³/mol. The smallest absolute Gasteiger partial charge is 0.243 e. The van der Waals surface area contributed by atoms with Crippen LogP contribution in [-0.2, 0) is 9.09 Å². The maximum Gasteiger partial charge on any atom is 0.243 e. The van der Waals surface area contributed by atoms with Gasteiger partial charge in [-0.2, -0.15) is 0 Å². The first-order valence-electron chi connectivity index (χ1n) is 9.64. The predicted octanol–water partition coefficient (Wildman–Crippen LogP) is 6.69. The van der Waals surface area contributed by atoms with Crippen LogP contribution in [0.2, 0.25) is 0 Å². The maximum absolute atomic E-state index is 14.2. The molecule has 2 unspecified atom stereocenters. The van der Waals surface area contributed by atoms with Crippen molar-refractivity contribution in [1.29, 1.82) is 0 Å². The molecule has 0 saturated heterocycles. The molecule has 0 aliphatic carbocycles. The van der Waals surface area contributed by atoms with Gasteiger partial charge in [0.1, 0.15) is 0 Å². The molecule has 3 heteroatoms. The molecule has 0 spiro atoms. The minimum absolute atomic E-state index is 0.374. The van der Waals surface area contributed by atoms with Crippen molar-refractivity contribution in [3.8, 4) is 11.1 Å². The molecule has 4 aromatic carbocycles. The molecule has 0 heterocycles. The van der Waals surface area contributed by atoms with Crippen molar-refractivity contribution in [2.24, 2.45) is 0 Å². The summed E-state index contributed by atoms with van der Waals surface area (Å²) in [5.74, 6) is 0. The maximum atomic E-state index is 14.2. The van der Waals surface area contributed by atoms with Crippen molar-refractivity contribution in [3.63, 3.8) is 0 Å². The SMILES string of the molecule is COP(=O)(c1ccccc1)C(c1ccccc1)c1ccc(-c2ccccc2)cc1. The zero-order chi connectivity index (χ0) is 20.1. The van der Waals surface area contributed by atoms with Crippen LogP contribution in [0, 0.1) is 0 Å². The lowest BCUT2D eigenvalue weighted by atomic mass is 10.00. The largest absolute Gasteiger partial charge is 0.328 e. The molecule has 0 fully saturated rings. The number of benzene rings is 4. The van der Waals surface area contributed by atoms with Crippen LogP contribution in [0.25, 0.3) is 11.1 Å². The lowest BCUT2D eigenvalue weighted by Crippen LogP contribution is -2.14. The lowest BCUT2D eigenvalue weighted by molar-refractivity contribution is 0.397. The van der Waals surface area contributed by atoms with Gasteiger partial charge in [-0.1, -0.05) is 103 Å². The van der Waals surface area contributed by atoms with Gasteiger partial charge in [0.25, 0.3) is 0 Å². The monoisotopic (exact) mass is 398 g/mol. The Morgan fingerprint density at radius 2 is 1.03 bits per heavy atom. The first-order valence-corrected chi connectivity index (χ1v) is 11.3. The van der Waals surface area contributed by atoms with Crippen LogP contribution in [0.4, 0.5) is 0 Å². The average molecular weight is 398 g/mol. The highest BCUT2D eigenvalue weighted by Gasteiger charge is 2.37. The highest BCUT2D eigenvalue weighted by atomic mass is 31.2. The number of rotatable bonds is 6. The van der Waals surface area contributed by atoms with Crippen LogP contribution in [0.1, 0.15) is 16.8 Å². The summed E-state index contributed by atoms with van der Waals surface area (Å²) >= 11 is 0. The van der Waals surface area contributed by atoms with E-state index >= 15 is 0 Å². The molecule has 29 heavy (non-hydrogen) atoms. The molecule has 0 aliphatic rings. The molecule has 2 nitrogen and oxygen atoms in total. The molecule has 0 N–H and O–H groups in total. The summed E-state index contributed by atoms with van der Waals surface area (Å²) in [6.45, 7) is 0. The Balaban J connectivity index is 1.83. The van der Waals surface area contributed by atoms with Gasteiger partial charge < -0.3 is 4.52 Å². The second kappa shape index (κ2) is 8.61. The number of hydrogen-bond donors (Lipinski definition) is 0. The normalized spacial score (nSPS) is 14.1. The summed E-state index contributed by atoms with van der Waals surface area (Å²) in [6, 6.07) is 38.0. The first-order chi connectivity index (χ1) is 14.2. The summed E-state index contributed by atoms with van der Waals surface area (Å²) in [6.07, 6.45) is 0. The van der Waals surface area contributed by atoms with Gasteiger partial charge in [0.2, 0.25) is 7.37 Å². The molecule has 0 aliphatic heterocycles. The van der Waals surface area contributed by atoms with E-state index in [-0.39, 0.29) is 5.66 Å². The van der Waals surface area contributed by atoms with Gasteiger partial charge in [0, 0.05) is 12.4 Å². The van der Waals surface area contributed by atoms with Crippen LogP contribution >= 0.6 is 7.37 Å². The molecule has 0 amide bonds. The minimum atomic E-state index is -3.19. The van der Waals surface area contributed by atoms with Gasteiger partial charge in [-0.25, -0.2) is 0 Å². The third kappa shape index (κ3) is 3.96. The quantitative estimate of drug-likeness (QED) is 0.338. The highest BCUT2D eigenvalue weighted by Crippen LogP contribution is 2.61. The molecular weight excluding hydrogens is 375 g/mol. The summed E-state index contributed by atoms with van der Waals surface area (Å²) in [5.41, 5.74) is 3.88. The van der Waals surface area contributed by atoms with Crippen molar-refractivity contribution >= 4 is 12.7 Å². The average Bonchev–Trinajstić information content (AvgIpc) is 2.81. The van der Waals surface area contributed by atoms with E-state index in [9.17, 15) is 4.57 Å². The molecule has 144 valence electrons. The fourth-order valence-corrected chi connectivity index (χ4v) is 6.14. The standard InChI is InChI=1S/C26H23O2P/c1-28-29(27,25-15-9-4-10-16-25)26(23-13-7-3-8-14-23)24-19-17-22(18-20-24)21-11-5-2-6-12-21/h2-20,26H,1H3. The van der Waals surface area contributed by atoms with Crippen LogP contribution in [0.5, 0.6) is 0 Å². The van der Waals surface area contributed by atoms with Crippen molar-refractivity contribution < 1.29 is 9.09 Å². The zero-order valence-corrected chi connectivity index (χ0v) is 17.2. The Kier molecular flexibility index (Phi) is 5.76. The van der Waals surface area contributed by atoms with E-state index < -0.39 is 7.37 Å². The first kappa shape index (κ1) is 19.4. The summed E-state index contributed by atoms with van der Waals surface area (Å²) in [7, 11) is -1.65. The van der Waals surface area contributed by atoms with E-state index in [1.807, 2.05) is 78.9 Å². The summed E-state index contributed by atoms with van der Waals surface area (Å²) in [5, 5.41) is 0.725. The molecule has 4 rings (SSSR count). The Bertz CT molecular complexity index is 1090. The van der Waals surface area contributed by atoms with Crippen LogP contribution in [0.3, 0.4) is 0 Å². The fourth-order valence-electron chi connectivity index (χ4n) is 3.70. The van der Waals surface area contributed by atoms with E-state index in [4.69, 9.17) is 4.52 Å². The van der Waals surface area contributed by atoms with Crippen molar-refractivity contribution in [1.82, 2.24) is 0 Å². The molecular formula is C26H23O2P. The van der Waals surface area contributed by atoms with Gasteiger partial charge in [-0.3, -0.25) is 4.57 Å². The second-order valence-electron chi connectivity index (χ2n) is 6.92. The Hall–Kier alpha value is -2.93. The van der Waals surface area contributed by atoms with E-state index in [1.54, 1.807) is 7.11 Å². The molecule has 0 bridgehead atoms. The molecule has 4 aromatic rings. The van der Waals surface area contributed by atoms with Crippen molar-refractivity contribution in [3.05, 3.63) is 126 Å². The molecule has 0 saturated carbocycles. The molecule has 2 atom stereocenters. The highest BCUT2D eigenvalue weighted by molar-refractivity contribution is 7.67. The Morgan fingerprint density at radius 3 is 1.59 bits per heavy atom. The van der Waals surface area contributed by atoms with Gasteiger partial charge >= 0.3 is 0 Å². The number of hydrogen-bond acceptors (Lipinski definition) is 2. The minimum Gasteiger partial charge on any atom is -0.328 e. The van der Waals surface area contributed by atoms with E-state index in [0.717, 1.165) is 27.6 Å². The van der Waals surface area contributed by atoms with Crippen molar-refractivity contribution in [2.45, 2.75) is 5.66 Å². The van der Waals surface area contributed by atoms with Gasteiger partial charge in [-0.05, 0) is 34.4 Å². The third-order valence-corrected chi connectivity index (χ3v) is 8.01. The van der Waals surface area contributed by atoms with Gasteiger partial charge in [0.15, 0.2) is 0 Å². The second-order valence-corrected chi connectivity index (χ2v) is 9.51. The Morgan fingerprint density at radius 1 is 0.586 bits per heavy atom. The van der Waals surface area contributed by atoms with Gasteiger partial charge in [-0.15, -0.1) is 0 Å². The third-order valence-electron chi connectivity index (χ3n) is 5.18. The topological polar surface area (TPSA) is 26.3 Å². The van der Waals surface area contributed by atoms with E-state index in [2.05, 4.69) is 36.4 Å². The zero-order valence-electron chi connectivity index (χ0n) is 16.3. The Labute approximate surface area is 172 Å². The molecule has 0 aromatic heterocycles. The van der Waals surface area contributed by atoms with E-state index in [0.29, 0.717) is 0 Å². The van der Waals surface area contributed by atoms with Crippen molar-refractivity contribution in [2.75, 3.05) is 7.11 Å². The van der Waals surface area contributed by atoms with Crippen LogP contribution in [0.15, 0.2) is 115 Å². The van der Waals surface area contributed by atoms with Crippen LogP contribution < -0.4 is 5.30 Å². The lowest BCUT2D eigenvalue weighted by Gasteiger charge is -2.27. The van der Waals surface area contributed by atoms with E-state index in [1.165, 1.54) is 0 Å². The van der Waals surface area contributed by atoms with Crippen LogP contribution in [-0.4, -0.2) is 7.11 Å². The summed E-state index contributed by atoms with van der Waals surface area (Å²) < 4.78 is 20.0. The molecule has 0 radical (unpaired) electrons. The van der Waals surface area contributed by atoms with Gasteiger partial charge in [0.05, 0.1) is 5.66 Å². The summed E-state index contributed by atoms with van der Waals surface area (Å²) in [4.78, 5) is 0. The fraction of sp³-hybridized carbons (Fsp3) is 0.0769.